The summed E-state index contributed by atoms with van der Waals surface area (Å²) in [5, 5.41) is 0. The second kappa shape index (κ2) is 6.26. The van der Waals surface area contributed by atoms with Gasteiger partial charge in [-0.1, -0.05) is 12.1 Å². The molecule has 0 aliphatic heterocycles. The van der Waals surface area contributed by atoms with Crippen molar-refractivity contribution in [2.75, 3.05) is 14.2 Å². The molecule has 0 N–H and O–H groups in total. The number of halogens is 2. The Morgan fingerprint density at radius 1 is 1.10 bits per heavy atom. The molecule has 0 atom stereocenters. The lowest BCUT2D eigenvalue weighted by atomic mass is 10.00. The summed E-state index contributed by atoms with van der Waals surface area (Å²) in [6.07, 6.45) is 0. The van der Waals surface area contributed by atoms with E-state index in [1.807, 2.05) is 0 Å². The Kier molecular flexibility index (Phi) is 4.63. The highest BCUT2D eigenvalue weighted by Crippen LogP contribution is 2.38. The molecule has 0 saturated heterocycles. The zero-order valence-electron chi connectivity index (χ0n) is 11.9. The molecule has 0 heterocycles. The standard InChI is InChI=1S/C16H14BrFO3/c1-9-5-4-6-10(14(9)18)15(19)11-7-8-12(20-2)13(17)16(11)21-3/h4-8H,1-3H3. The van der Waals surface area contributed by atoms with Gasteiger partial charge < -0.3 is 9.47 Å². The number of ketones is 1. The average molecular weight is 353 g/mol. The van der Waals surface area contributed by atoms with Gasteiger partial charge in [0.05, 0.1) is 25.3 Å². The monoisotopic (exact) mass is 352 g/mol. The Morgan fingerprint density at radius 2 is 1.81 bits per heavy atom. The minimum absolute atomic E-state index is 0.0189. The molecule has 0 radical (unpaired) electrons. The summed E-state index contributed by atoms with van der Waals surface area (Å²) in [4.78, 5) is 12.6. The van der Waals surface area contributed by atoms with Crippen molar-refractivity contribution in [1.29, 1.82) is 0 Å². The van der Waals surface area contributed by atoms with Crippen LogP contribution in [0.5, 0.6) is 11.5 Å². The molecule has 0 aliphatic rings. The molecule has 0 amide bonds. The maximum atomic E-state index is 14.1. The molecule has 3 nitrogen and oxygen atoms in total. The first-order chi connectivity index (χ1) is 10.0. The van der Waals surface area contributed by atoms with Gasteiger partial charge in [-0.05, 0) is 46.6 Å². The highest BCUT2D eigenvalue weighted by atomic mass is 79.9. The van der Waals surface area contributed by atoms with E-state index >= 15 is 0 Å². The summed E-state index contributed by atoms with van der Waals surface area (Å²) in [7, 11) is 2.96. The second-order valence-electron chi connectivity index (χ2n) is 4.43. The van der Waals surface area contributed by atoms with Gasteiger partial charge in [0.15, 0.2) is 5.78 Å². The van der Waals surface area contributed by atoms with Crippen molar-refractivity contribution in [2.45, 2.75) is 6.92 Å². The van der Waals surface area contributed by atoms with E-state index in [4.69, 9.17) is 9.47 Å². The summed E-state index contributed by atoms with van der Waals surface area (Å²) in [5.74, 6) is -0.0960. The van der Waals surface area contributed by atoms with Crippen molar-refractivity contribution in [3.63, 3.8) is 0 Å². The molecule has 2 aromatic rings. The third kappa shape index (κ3) is 2.78. The Balaban J connectivity index is 2.59. The highest BCUT2D eigenvalue weighted by molar-refractivity contribution is 9.10. The maximum Gasteiger partial charge on any atom is 0.199 e. The van der Waals surface area contributed by atoms with Gasteiger partial charge in [0.25, 0.3) is 0 Å². The van der Waals surface area contributed by atoms with E-state index in [0.717, 1.165) is 0 Å². The van der Waals surface area contributed by atoms with E-state index < -0.39 is 11.6 Å². The molecule has 0 unspecified atom stereocenters. The van der Waals surface area contributed by atoms with Crippen LogP contribution in [0.4, 0.5) is 4.39 Å². The molecule has 21 heavy (non-hydrogen) atoms. The quantitative estimate of drug-likeness (QED) is 0.775. The first-order valence-corrected chi connectivity index (χ1v) is 7.00. The predicted octanol–water partition coefficient (Wildman–Crippen LogP) is 4.14. The van der Waals surface area contributed by atoms with Crippen molar-refractivity contribution in [2.24, 2.45) is 0 Å². The van der Waals surface area contributed by atoms with Crippen LogP contribution >= 0.6 is 15.9 Å². The first-order valence-electron chi connectivity index (χ1n) is 6.21. The van der Waals surface area contributed by atoms with E-state index in [9.17, 15) is 9.18 Å². The summed E-state index contributed by atoms with van der Waals surface area (Å²) in [6.45, 7) is 1.62. The number of hydrogen-bond donors (Lipinski definition) is 0. The minimum Gasteiger partial charge on any atom is -0.495 e. The van der Waals surface area contributed by atoms with E-state index in [0.29, 0.717) is 21.5 Å². The fourth-order valence-corrected chi connectivity index (χ4v) is 2.71. The van der Waals surface area contributed by atoms with Gasteiger partial charge in [-0.15, -0.1) is 0 Å². The van der Waals surface area contributed by atoms with Crippen LogP contribution in [-0.4, -0.2) is 20.0 Å². The second-order valence-corrected chi connectivity index (χ2v) is 5.22. The largest absolute Gasteiger partial charge is 0.495 e. The number of benzene rings is 2. The summed E-state index contributed by atoms with van der Waals surface area (Å²) in [5.41, 5.74) is 0.715. The van der Waals surface area contributed by atoms with Crippen LogP contribution < -0.4 is 9.47 Å². The third-order valence-corrected chi connectivity index (χ3v) is 3.92. The van der Waals surface area contributed by atoms with Crippen LogP contribution in [0.3, 0.4) is 0 Å². The van der Waals surface area contributed by atoms with Crippen LogP contribution in [0.2, 0.25) is 0 Å². The average Bonchev–Trinajstić information content (AvgIpc) is 2.49. The van der Waals surface area contributed by atoms with Gasteiger partial charge in [0.1, 0.15) is 21.8 Å². The molecule has 2 rings (SSSR count). The Bertz CT molecular complexity index is 698. The van der Waals surface area contributed by atoms with E-state index in [1.165, 1.54) is 20.3 Å². The number of rotatable bonds is 4. The predicted molar refractivity (Wildman–Crippen MR) is 81.8 cm³/mol. The van der Waals surface area contributed by atoms with Crippen LogP contribution in [0.25, 0.3) is 0 Å². The normalized spacial score (nSPS) is 10.3. The number of methoxy groups -OCH3 is 2. The molecule has 0 fully saturated rings. The van der Waals surface area contributed by atoms with Gasteiger partial charge in [-0.2, -0.15) is 0 Å². The minimum atomic E-state index is -0.517. The zero-order valence-corrected chi connectivity index (χ0v) is 13.5. The summed E-state index contributed by atoms with van der Waals surface area (Å²) in [6, 6.07) is 7.92. The Labute approximate surface area is 130 Å². The SMILES string of the molecule is COc1ccc(C(=O)c2cccc(C)c2F)c(OC)c1Br. The molecule has 0 aromatic heterocycles. The number of hydrogen-bond acceptors (Lipinski definition) is 3. The number of aryl methyl sites for hydroxylation is 1. The first kappa shape index (κ1) is 15.5. The lowest BCUT2D eigenvalue weighted by Crippen LogP contribution is -2.08. The van der Waals surface area contributed by atoms with Crippen LogP contribution in [0.1, 0.15) is 21.5 Å². The number of ether oxygens (including phenoxy) is 2. The van der Waals surface area contributed by atoms with Gasteiger partial charge in [-0.3, -0.25) is 4.79 Å². The molecule has 0 aliphatic carbocycles. The molecule has 0 spiro atoms. The smallest absolute Gasteiger partial charge is 0.199 e. The van der Waals surface area contributed by atoms with Crippen molar-refractivity contribution < 1.29 is 18.7 Å². The molecule has 2 aromatic carbocycles. The van der Waals surface area contributed by atoms with Gasteiger partial charge in [0.2, 0.25) is 0 Å². The molecule has 110 valence electrons. The molecule has 0 bridgehead atoms. The van der Waals surface area contributed by atoms with Crippen LogP contribution in [-0.2, 0) is 0 Å². The van der Waals surface area contributed by atoms with E-state index in [-0.39, 0.29) is 11.1 Å². The molecular formula is C16H14BrFO3. The summed E-state index contributed by atoms with van der Waals surface area (Å²) >= 11 is 3.33. The molecular weight excluding hydrogens is 339 g/mol. The van der Waals surface area contributed by atoms with Gasteiger partial charge in [0, 0.05) is 0 Å². The number of carbonyl (C=O) groups is 1. The van der Waals surface area contributed by atoms with Crippen molar-refractivity contribution in [1.82, 2.24) is 0 Å². The maximum absolute atomic E-state index is 14.1. The Hall–Kier alpha value is -1.88. The van der Waals surface area contributed by atoms with Crippen LogP contribution in [0.15, 0.2) is 34.8 Å². The fourth-order valence-electron chi connectivity index (χ4n) is 2.04. The zero-order chi connectivity index (χ0) is 15.6. The lowest BCUT2D eigenvalue weighted by molar-refractivity contribution is 0.103. The molecule has 5 heteroatoms. The van der Waals surface area contributed by atoms with Crippen molar-refractivity contribution in [3.05, 3.63) is 57.3 Å². The molecule has 0 saturated carbocycles. The van der Waals surface area contributed by atoms with E-state index in [2.05, 4.69) is 15.9 Å². The van der Waals surface area contributed by atoms with Gasteiger partial charge in [-0.25, -0.2) is 4.39 Å². The third-order valence-electron chi connectivity index (χ3n) is 3.17. The fraction of sp³-hybridized carbons (Fsp3) is 0.188. The summed E-state index contributed by atoms with van der Waals surface area (Å²) < 4.78 is 25.1. The van der Waals surface area contributed by atoms with Gasteiger partial charge >= 0.3 is 0 Å². The Morgan fingerprint density at radius 3 is 2.43 bits per heavy atom. The topological polar surface area (TPSA) is 35.5 Å². The van der Waals surface area contributed by atoms with Crippen molar-refractivity contribution in [3.8, 4) is 11.5 Å². The van der Waals surface area contributed by atoms with Crippen LogP contribution in [0, 0.1) is 12.7 Å². The number of carbonyl (C=O) groups excluding carboxylic acids is 1. The highest BCUT2D eigenvalue weighted by Gasteiger charge is 2.22. The van der Waals surface area contributed by atoms with E-state index in [1.54, 1.807) is 31.2 Å². The van der Waals surface area contributed by atoms with Crippen molar-refractivity contribution >= 4 is 21.7 Å². The lowest BCUT2D eigenvalue weighted by Gasteiger charge is -2.13.